The van der Waals surface area contributed by atoms with Gasteiger partial charge in [0, 0.05) is 20.8 Å². The summed E-state index contributed by atoms with van der Waals surface area (Å²) in [4.78, 5) is 6.34. The first-order valence-electron chi connectivity index (χ1n) is 7.90. The SMILES string of the molecule is CCC1CCC(c2nc(-c3ccc(Br)cc3)c(C)s2)CC1. The lowest BCUT2D eigenvalue weighted by atomic mass is 9.81. The zero-order valence-electron chi connectivity index (χ0n) is 12.7. The molecule has 0 radical (unpaired) electrons. The van der Waals surface area contributed by atoms with Gasteiger partial charge in [-0.25, -0.2) is 4.98 Å². The topological polar surface area (TPSA) is 12.9 Å². The van der Waals surface area contributed by atoms with Gasteiger partial charge in [-0.3, -0.25) is 0 Å². The molecule has 0 bridgehead atoms. The highest BCUT2D eigenvalue weighted by Crippen LogP contribution is 2.40. The number of halogens is 1. The molecule has 0 aliphatic heterocycles. The molecule has 1 aromatic carbocycles. The van der Waals surface area contributed by atoms with Crippen molar-refractivity contribution in [2.45, 2.75) is 51.9 Å². The first-order valence-corrected chi connectivity index (χ1v) is 9.51. The van der Waals surface area contributed by atoms with Crippen molar-refractivity contribution in [2.24, 2.45) is 5.92 Å². The van der Waals surface area contributed by atoms with Crippen LogP contribution in [0.5, 0.6) is 0 Å². The Balaban J connectivity index is 1.80. The van der Waals surface area contributed by atoms with Crippen molar-refractivity contribution >= 4 is 27.3 Å². The van der Waals surface area contributed by atoms with Gasteiger partial charge in [0.25, 0.3) is 0 Å². The van der Waals surface area contributed by atoms with Gasteiger partial charge in [-0.05, 0) is 50.7 Å². The van der Waals surface area contributed by atoms with E-state index in [1.165, 1.54) is 53.2 Å². The molecular weight excluding hydrogens is 342 g/mol. The molecule has 112 valence electrons. The van der Waals surface area contributed by atoms with Crippen molar-refractivity contribution in [1.29, 1.82) is 0 Å². The van der Waals surface area contributed by atoms with E-state index >= 15 is 0 Å². The highest BCUT2D eigenvalue weighted by Gasteiger charge is 2.24. The number of aryl methyl sites for hydroxylation is 1. The summed E-state index contributed by atoms with van der Waals surface area (Å²) < 4.78 is 1.12. The summed E-state index contributed by atoms with van der Waals surface area (Å²) in [7, 11) is 0. The van der Waals surface area contributed by atoms with Crippen LogP contribution in [0, 0.1) is 12.8 Å². The number of thiazole rings is 1. The molecule has 1 aliphatic carbocycles. The number of nitrogens with zero attached hydrogens (tertiary/aromatic N) is 1. The maximum Gasteiger partial charge on any atom is 0.0966 e. The quantitative estimate of drug-likeness (QED) is 0.601. The molecular formula is C18H22BrNS. The molecule has 3 rings (SSSR count). The van der Waals surface area contributed by atoms with Crippen LogP contribution in [0.3, 0.4) is 0 Å². The van der Waals surface area contributed by atoms with Gasteiger partial charge in [0.05, 0.1) is 10.7 Å². The number of benzene rings is 1. The standard InChI is InChI=1S/C18H22BrNS/c1-3-13-4-6-15(7-5-13)18-20-17(12(2)21-18)14-8-10-16(19)11-9-14/h8-11,13,15H,3-7H2,1-2H3. The second kappa shape index (κ2) is 6.62. The summed E-state index contributed by atoms with van der Waals surface area (Å²) in [5, 5.41) is 1.36. The van der Waals surface area contributed by atoms with Crippen LogP contribution >= 0.6 is 27.3 Å². The molecule has 0 atom stereocenters. The first kappa shape index (κ1) is 15.2. The summed E-state index contributed by atoms with van der Waals surface area (Å²) in [6.45, 7) is 4.53. The van der Waals surface area contributed by atoms with E-state index in [0.29, 0.717) is 5.92 Å². The second-order valence-corrected chi connectivity index (χ2v) is 8.24. The highest BCUT2D eigenvalue weighted by atomic mass is 79.9. The monoisotopic (exact) mass is 363 g/mol. The van der Waals surface area contributed by atoms with Gasteiger partial charge in [-0.2, -0.15) is 0 Å². The largest absolute Gasteiger partial charge is 0.241 e. The lowest BCUT2D eigenvalue weighted by molar-refractivity contribution is 0.318. The predicted molar refractivity (Wildman–Crippen MR) is 95.0 cm³/mol. The van der Waals surface area contributed by atoms with Gasteiger partial charge in [-0.15, -0.1) is 11.3 Å². The Hall–Kier alpha value is -0.670. The minimum Gasteiger partial charge on any atom is -0.241 e. The van der Waals surface area contributed by atoms with Crippen molar-refractivity contribution in [1.82, 2.24) is 4.98 Å². The van der Waals surface area contributed by atoms with Gasteiger partial charge in [-0.1, -0.05) is 41.4 Å². The zero-order chi connectivity index (χ0) is 14.8. The molecule has 2 aromatic rings. The van der Waals surface area contributed by atoms with Crippen molar-refractivity contribution in [3.63, 3.8) is 0 Å². The van der Waals surface area contributed by atoms with Gasteiger partial charge >= 0.3 is 0 Å². The van der Waals surface area contributed by atoms with Crippen LogP contribution in [0.15, 0.2) is 28.7 Å². The lowest BCUT2D eigenvalue weighted by Gasteiger charge is -2.26. The van der Waals surface area contributed by atoms with E-state index in [-0.39, 0.29) is 0 Å². The molecule has 0 saturated heterocycles. The summed E-state index contributed by atoms with van der Waals surface area (Å²) in [6.07, 6.45) is 6.76. The van der Waals surface area contributed by atoms with Crippen molar-refractivity contribution in [3.8, 4) is 11.3 Å². The Morgan fingerprint density at radius 3 is 2.43 bits per heavy atom. The Kier molecular flexibility index (Phi) is 4.80. The molecule has 1 fully saturated rings. The molecule has 1 heterocycles. The third-order valence-electron chi connectivity index (χ3n) is 4.70. The van der Waals surface area contributed by atoms with E-state index in [1.54, 1.807) is 0 Å². The fourth-order valence-electron chi connectivity index (χ4n) is 3.28. The molecule has 0 spiro atoms. The van der Waals surface area contributed by atoms with Crippen LogP contribution in [-0.2, 0) is 0 Å². The summed E-state index contributed by atoms with van der Waals surface area (Å²) >= 11 is 5.40. The molecule has 1 aromatic heterocycles. The van der Waals surface area contributed by atoms with E-state index in [0.717, 1.165) is 10.4 Å². The third kappa shape index (κ3) is 3.40. The molecule has 1 aliphatic rings. The number of rotatable bonds is 3. The maximum absolute atomic E-state index is 4.99. The second-order valence-electron chi connectivity index (χ2n) is 6.09. The summed E-state index contributed by atoms with van der Waals surface area (Å²) in [6, 6.07) is 8.51. The summed E-state index contributed by atoms with van der Waals surface area (Å²) in [5.41, 5.74) is 2.42. The first-order chi connectivity index (χ1) is 10.2. The van der Waals surface area contributed by atoms with E-state index < -0.39 is 0 Å². The number of hydrogen-bond acceptors (Lipinski definition) is 2. The smallest absolute Gasteiger partial charge is 0.0966 e. The van der Waals surface area contributed by atoms with E-state index in [1.807, 2.05) is 11.3 Å². The Morgan fingerprint density at radius 2 is 1.81 bits per heavy atom. The highest BCUT2D eigenvalue weighted by molar-refractivity contribution is 9.10. The van der Waals surface area contributed by atoms with Gasteiger partial charge in [0.1, 0.15) is 0 Å². The number of hydrogen-bond donors (Lipinski definition) is 0. The zero-order valence-corrected chi connectivity index (χ0v) is 15.1. The van der Waals surface area contributed by atoms with Crippen molar-refractivity contribution < 1.29 is 0 Å². The predicted octanol–water partition coefficient (Wildman–Crippen LogP) is 6.56. The van der Waals surface area contributed by atoms with Gasteiger partial charge in [0.2, 0.25) is 0 Å². The van der Waals surface area contributed by atoms with E-state index in [9.17, 15) is 0 Å². The Labute approximate surface area is 139 Å². The van der Waals surface area contributed by atoms with E-state index in [4.69, 9.17) is 4.98 Å². The molecule has 0 amide bonds. The normalized spacial score (nSPS) is 22.4. The fourth-order valence-corrected chi connectivity index (χ4v) is 4.66. The van der Waals surface area contributed by atoms with Crippen LogP contribution in [-0.4, -0.2) is 4.98 Å². The molecule has 3 heteroatoms. The number of aromatic nitrogens is 1. The minimum atomic E-state index is 0.695. The van der Waals surface area contributed by atoms with Crippen LogP contribution in [0.4, 0.5) is 0 Å². The molecule has 0 N–H and O–H groups in total. The van der Waals surface area contributed by atoms with Crippen molar-refractivity contribution in [3.05, 3.63) is 38.6 Å². The van der Waals surface area contributed by atoms with Crippen molar-refractivity contribution in [2.75, 3.05) is 0 Å². The maximum atomic E-state index is 4.99. The van der Waals surface area contributed by atoms with Crippen LogP contribution in [0.1, 0.15) is 54.8 Å². The molecule has 1 nitrogen and oxygen atoms in total. The van der Waals surface area contributed by atoms with Gasteiger partial charge in [0.15, 0.2) is 0 Å². The lowest BCUT2D eigenvalue weighted by Crippen LogP contribution is -2.12. The molecule has 21 heavy (non-hydrogen) atoms. The van der Waals surface area contributed by atoms with Crippen LogP contribution < -0.4 is 0 Å². The Morgan fingerprint density at radius 1 is 1.14 bits per heavy atom. The average molecular weight is 364 g/mol. The Bertz CT molecular complexity index is 594. The van der Waals surface area contributed by atoms with Gasteiger partial charge < -0.3 is 0 Å². The van der Waals surface area contributed by atoms with E-state index in [2.05, 4.69) is 54.0 Å². The average Bonchev–Trinajstić information content (AvgIpc) is 2.90. The van der Waals surface area contributed by atoms with Crippen LogP contribution in [0.2, 0.25) is 0 Å². The molecule has 1 saturated carbocycles. The molecule has 0 unspecified atom stereocenters. The minimum absolute atomic E-state index is 0.695. The summed E-state index contributed by atoms with van der Waals surface area (Å²) in [5.74, 6) is 1.65. The fraction of sp³-hybridized carbons (Fsp3) is 0.500. The third-order valence-corrected chi connectivity index (χ3v) is 6.37. The van der Waals surface area contributed by atoms with Crippen LogP contribution in [0.25, 0.3) is 11.3 Å².